The minimum absolute atomic E-state index is 0.0581. The SMILES string of the molecule is CCC(=O)CCCn1nnc2c1CC[C@@H]1[C@H](CC2)[C@@H]1COC(=O)NC.CNC(=O)CCCn1nnc2c1CC[C@H]1[C@@H](CC2)[C@H]1COC(=O)NC.[2H][I-]S. The van der Waals surface area contributed by atoms with Crippen LogP contribution in [-0.4, -0.2) is 88.8 Å². The van der Waals surface area contributed by atoms with Crippen molar-refractivity contribution in [1.82, 2.24) is 45.9 Å². The van der Waals surface area contributed by atoms with Gasteiger partial charge in [-0.15, -0.1) is 10.2 Å². The van der Waals surface area contributed by atoms with Crippen LogP contribution in [0.15, 0.2) is 0 Å². The maximum atomic E-state index is 11.5. The van der Waals surface area contributed by atoms with Gasteiger partial charge in [-0.1, -0.05) is 17.4 Å². The minimum atomic E-state index is -0.466. The Balaban J connectivity index is 0.000000220. The van der Waals surface area contributed by atoms with E-state index in [0.717, 1.165) is 88.7 Å². The summed E-state index contributed by atoms with van der Waals surface area (Å²) in [6.45, 7) is 4.43. The first-order valence-electron chi connectivity index (χ1n) is 19.1. The molecule has 0 saturated heterocycles. The van der Waals surface area contributed by atoms with Gasteiger partial charge >= 0.3 is 43.6 Å². The van der Waals surface area contributed by atoms with Crippen LogP contribution >= 0.6 is 9.80 Å². The van der Waals surface area contributed by atoms with Crippen molar-refractivity contribution in [1.29, 1.82) is 0.594 Å². The van der Waals surface area contributed by atoms with E-state index in [4.69, 9.17) is 10.1 Å². The van der Waals surface area contributed by atoms with E-state index in [1.54, 1.807) is 21.1 Å². The predicted octanol–water partition coefficient (Wildman–Crippen LogP) is 0.153. The normalized spacial score (nSPS) is 23.9. The van der Waals surface area contributed by atoms with Crippen molar-refractivity contribution in [3.8, 4) is 0 Å². The average Bonchev–Trinajstić information content (AvgIpc) is 3.89. The summed E-state index contributed by atoms with van der Waals surface area (Å²) in [5, 5.41) is 25.0. The topological polar surface area (TPSA) is 184 Å². The molecular formula is C35H57IN9O6S-. The van der Waals surface area contributed by atoms with Crippen LogP contribution in [0.25, 0.3) is 0 Å². The molecule has 17 heteroatoms. The standard InChI is InChI=1S/C18H28N4O3.C17H27N5O3.H2IS/c1-3-12(23)5-4-10-22-17-9-7-14-13(6-8-16(17)20-21-22)15(14)11-25-18(24)19-2;1-18-16(23)4-3-9-22-15-8-6-12-11(5-7-14(15)20-21-22)13(12)10-25-17(24)19-2;1-2/h13-15H,3-11H2,1-2H3,(H,19,24);11-13H,3-10H2,1-2H3,(H,18,23)(H,19,24);1-2H/q;;-1/t13-,14+,15-;11-,12+,13-;/m01./s1/i;;1D. The third-order valence-corrected chi connectivity index (χ3v) is 11.2. The number of ketones is 1. The van der Waals surface area contributed by atoms with Crippen LogP contribution in [0.3, 0.4) is 0 Å². The van der Waals surface area contributed by atoms with Crippen molar-refractivity contribution in [2.24, 2.45) is 35.5 Å². The van der Waals surface area contributed by atoms with E-state index in [0.29, 0.717) is 73.8 Å². The molecule has 2 heterocycles. The first-order chi connectivity index (χ1) is 25.7. The number of aryl methyl sites for hydroxylation is 4. The maximum absolute atomic E-state index is 11.5. The van der Waals surface area contributed by atoms with Crippen molar-refractivity contribution in [3.63, 3.8) is 0 Å². The first-order valence-corrected chi connectivity index (χ1v) is 21.9. The number of nitrogens with one attached hydrogen (secondary N) is 3. The van der Waals surface area contributed by atoms with Gasteiger partial charge in [0, 0.05) is 53.5 Å². The Morgan fingerprint density at radius 2 is 1.17 bits per heavy atom. The van der Waals surface area contributed by atoms with Crippen molar-refractivity contribution in [2.75, 3.05) is 34.4 Å². The molecule has 52 heavy (non-hydrogen) atoms. The monoisotopic (exact) mass is 859 g/mol. The number of hydrogen-bond acceptors (Lipinski definition) is 11. The van der Waals surface area contributed by atoms with Crippen LogP contribution in [0, 0.1) is 35.5 Å². The van der Waals surface area contributed by atoms with E-state index in [-0.39, 0.29) is 18.1 Å². The summed E-state index contributed by atoms with van der Waals surface area (Å²) in [4.78, 5) is 45.3. The Hall–Kier alpha value is -2.96. The second kappa shape index (κ2) is 21.1. The number of ether oxygens (including phenoxy) is 2. The molecular weight excluding hydrogens is 801 g/mol. The number of thiol groups is 1. The number of alkyl carbamates (subject to hydrolysis) is 2. The van der Waals surface area contributed by atoms with E-state index in [9.17, 15) is 19.2 Å². The number of amides is 3. The first kappa shape index (κ1) is 40.2. The summed E-state index contributed by atoms with van der Waals surface area (Å²) in [5.41, 5.74) is 4.66. The van der Waals surface area contributed by atoms with Crippen molar-refractivity contribution in [3.05, 3.63) is 22.8 Å². The van der Waals surface area contributed by atoms with Gasteiger partial charge in [0.2, 0.25) is 5.91 Å². The van der Waals surface area contributed by atoms with Crippen LogP contribution in [0.1, 0.15) is 87.5 Å². The van der Waals surface area contributed by atoms with Gasteiger partial charge < -0.3 is 25.4 Å². The number of fused-ring (bicyclic) bond motifs is 4. The van der Waals surface area contributed by atoms with Gasteiger partial charge in [0.05, 0.1) is 36.0 Å². The summed E-state index contributed by atoms with van der Waals surface area (Å²) in [6, 6.07) is 0. The second-order valence-corrected chi connectivity index (χ2v) is 14.0. The van der Waals surface area contributed by atoms with Crippen LogP contribution in [-0.2, 0) is 57.8 Å². The number of hydrogen-bond donors (Lipinski definition) is 4. The predicted molar refractivity (Wildman–Crippen MR) is 193 cm³/mol. The average molecular weight is 860 g/mol. The summed E-state index contributed by atoms with van der Waals surface area (Å²) in [6.07, 6.45) is 10.8. The zero-order valence-electron chi connectivity index (χ0n) is 31.9. The summed E-state index contributed by atoms with van der Waals surface area (Å²) < 4.78 is 20.6. The molecule has 3 amide bonds. The van der Waals surface area contributed by atoms with Gasteiger partial charge in [0.25, 0.3) is 0 Å². The number of carbonyl (C=O) groups is 4. The van der Waals surface area contributed by atoms with E-state index in [1.807, 2.05) is 16.3 Å². The van der Waals surface area contributed by atoms with Crippen LogP contribution in [0.4, 0.5) is 9.59 Å². The van der Waals surface area contributed by atoms with Gasteiger partial charge in [-0.25, -0.2) is 19.0 Å². The molecule has 0 spiro atoms. The summed E-state index contributed by atoms with van der Waals surface area (Å²) in [5.74, 6) is 3.89. The summed E-state index contributed by atoms with van der Waals surface area (Å²) in [7, 11) is 8.39. The van der Waals surface area contributed by atoms with Gasteiger partial charge in [-0.3, -0.25) is 9.59 Å². The quantitative estimate of drug-likeness (QED) is 0.160. The van der Waals surface area contributed by atoms with Gasteiger partial charge in [0.1, 0.15) is 5.78 Å². The molecule has 2 aromatic rings. The van der Waals surface area contributed by atoms with Gasteiger partial charge in [0.15, 0.2) is 0 Å². The molecule has 2 aromatic heterocycles. The van der Waals surface area contributed by atoms with Gasteiger partial charge in [-0.2, -0.15) is 0 Å². The van der Waals surface area contributed by atoms with Crippen LogP contribution in [0.5, 0.6) is 0 Å². The van der Waals surface area contributed by atoms with Crippen molar-refractivity contribution >= 4 is 33.7 Å². The fraction of sp³-hybridized carbons (Fsp3) is 0.771. The molecule has 4 aliphatic carbocycles. The molecule has 0 radical (unpaired) electrons. The Morgan fingerprint density at radius 3 is 1.58 bits per heavy atom. The number of halogens is 1. The number of carbonyl (C=O) groups excluding carboxylic acids is 4. The van der Waals surface area contributed by atoms with Crippen LogP contribution < -0.4 is 37.0 Å². The molecule has 2 fully saturated rings. The molecule has 0 unspecified atom stereocenters. The van der Waals surface area contributed by atoms with E-state index < -0.39 is 21.0 Å². The second-order valence-electron chi connectivity index (χ2n) is 14.0. The molecule has 6 atom stereocenters. The third kappa shape index (κ3) is 11.5. The number of rotatable bonds is 13. The molecule has 292 valence electrons. The van der Waals surface area contributed by atoms with Gasteiger partial charge in [-0.05, 0) is 99.7 Å². The van der Waals surface area contributed by atoms with Crippen LogP contribution in [0.2, 0.25) is 0 Å². The molecule has 15 nitrogen and oxygen atoms in total. The van der Waals surface area contributed by atoms with E-state index in [1.165, 1.54) is 11.4 Å². The van der Waals surface area contributed by atoms with E-state index >= 15 is 0 Å². The molecule has 3 N–H and O–H groups in total. The number of aromatic nitrogens is 6. The number of nitrogens with zero attached hydrogens (tertiary/aromatic N) is 6. The molecule has 0 aromatic carbocycles. The van der Waals surface area contributed by atoms with Crippen molar-refractivity contribution < 1.29 is 49.7 Å². The zero-order valence-corrected chi connectivity index (χ0v) is 34.0. The molecule has 0 aliphatic heterocycles. The summed E-state index contributed by atoms with van der Waals surface area (Å²) >= 11 is -0.466. The fourth-order valence-corrected chi connectivity index (χ4v) is 8.11. The molecule has 2 saturated carbocycles. The van der Waals surface area contributed by atoms with E-state index in [2.05, 4.69) is 46.4 Å². The Morgan fingerprint density at radius 1 is 0.750 bits per heavy atom. The Labute approximate surface area is 324 Å². The molecule has 0 bridgehead atoms. The third-order valence-electron chi connectivity index (χ3n) is 11.2. The molecule has 6 rings (SSSR count). The fourth-order valence-electron chi connectivity index (χ4n) is 8.11. The number of Topliss-reactive ketones (excluding diaryl/α,β-unsaturated/α-hetero) is 1. The Bertz CT molecular complexity index is 1400. The Kier molecular flexibility index (Phi) is 16.3. The molecule has 4 aliphatic rings. The zero-order chi connectivity index (χ0) is 38.3. The van der Waals surface area contributed by atoms with Crippen molar-refractivity contribution in [2.45, 2.75) is 103 Å².